The van der Waals surface area contributed by atoms with E-state index in [-0.39, 0.29) is 11.8 Å². The van der Waals surface area contributed by atoms with Crippen molar-refractivity contribution >= 4 is 38.9 Å². The van der Waals surface area contributed by atoms with E-state index in [9.17, 15) is 4.79 Å². The van der Waals surface area contributed by atoms with Crippen LogP contribution in [0.25, 0.3) is 0 Å². The van der Waals surface area contributed by atoms with E-state index in [1.54, 1.807) is 11.3 Å². The number of rotatable bonds is 4. The zero-order valence-electron chi connectivity index (χ0n) is 11.6. The highest BCUT2D eigenvalue weighted by atomic mass is 79.9. The minimum absolute atomic E-state index is 0.0231. The third-order valence-electron chi connectivity index (χ3n) is 3.69. The molecule has 0 spiro atoms. The number of benzene rings is 1. The van der Waals surface area contributed by atoms with Crippen LogP contribution in [0.15, 0.2) is 40.2 Å². The molecule has 0 aliphatic carbocycles. The van der Waals surface area contributed by atoms with Gasteiger partial charge in [0.25, 0.3) is 0 Å². The molecular weight excluding hydrogens is 348 g/mol. The zero-order chi connectivity index (χ0) is 14.7. The van der Waals surface area contributed by atoms with Gasteiger partial charge in [-0.2, -0.15) is 0 Å². The van der Waals surface area contributed by atoms with Crippen LogP contribution < -0.4 is 10.6 Å². The van der Waals surface area contributed by atoms with Crippen LogP contribution in [0.1, 0.15) is 10.4 Å². The van der Waals surface area contributed by atoms with Crippen molar-refractivity contribution in [3.8, 4) is 0 Å². The second-order valence-electron chi connectivity index (χ2n) is 5.19. The first-order valence-corrected chi connectivity index (χ1v) is 8.67. The van der Waals surface area contributed by atoms with Crippen LogP contribution in [0, 0.1) is 5.92 Å². The van der Waals surface area contributed by atoms with Gasteiger partial charge in [-0.3, -0.25) is 4.79 Å². The van der Waals surface area contributed by atoms with Crippen molar-refractivity contribution in [3.63, 3.8) is 0 Å². The van der Waals surface area contributed by atoms with Gasteiger partial charge in [0.05, 0.1) is 9.70 Å². The molecule has 0 saturated carbocycles. The van der Waals surface area contributed by atoms with Crippen molar-refractivity contribution in [3.05, 3.63) is 50.6 Å². The Morgan fingerprint density at radius 3 is 3.00 bits per heavy atom. The van der Waals surface area contributed by atoms with E-state index in [0.717, 1.165) is 22.3 Å². The summed E-state index contributed by atoms with van der Waals surface area (Å²) in [5.74, 6) is 0.169. The fourth-order valence-corrected chi connectivity index (χ4v) is 4.05. The number of para-hydroxylation sites is 1. The second kappa shape index (κ2) is 6.62. The summed E-state index contributed by atoms with van der Waals surface area (Å²) in [6, 6.07) is 12.3. The third-order valence-corrected chi connectivity index (χ3v) is 5.38. The molecule has 110 valence electrons. The van der Waals surface area contributed by atoms with Crippen LogP contribution in [0.3, 0.4) is 0 Å². The number of carbonyl (C=O) groups excluding carboxylic acids is 1. The summed E-state index contributed by atoms with van der Waals surface area (Å²) < 4.78 is 1.14. The number of nitrogens with one attached hydrogen (secondary N) is 2. The summed E-state index contributed by atoms with van der Waals surface area (Å²) in [7, 11) is 0. The molecule has 1 aliphatic rings. The van der Waals surface area contributed by atoms with Gasteiger partial charge in [0.2, 0.25) is 5.91 Å². The summed E-state index contributed by atoms with van der Waals surface area (Å²) in [5.41, 5.74) is 2.39. The van der Waals surface area contributed by atoms with E-state index in [2.05, 4.69) is 44.8 Å². The van der Waals surface area contributed by atoms with Gasteiger partial charge < -0.3 is 10.6 Å². The van der Waals surface area contributed by atoms with Crippen molar-refractivity contribution in [2.24, 2.45) is 5.92 Å². The lowest BCUT2D eigenvalue weighted by Gasteiger charge is -2.25. The number of thiophene rings is 1. The fraction of sp³-hybridized carbons (Fsp3) is 0.312. The molecule has 1 amide bonds. The molecule has 3 rings (SSSR count). The summed E-state index contributed by atoms with van der Waals surface area (Å²) >= 11 is 5.17. The number of fused-ring (bicyclic) bond motifs is 1. The molecule has 0 fully saturated rings. The zero-order valence-corrected chi connectivity index (χ0v) is 14.0. The monoisotopic (exact) mass is 364 g/mol. The van der Waals surface area contributed by atoms with E-state index < -0.39 is 0 Å². The number of amides is 1. The van der Waals surface area contributed by atoms with Crippen molar-refractivity contribution < 1.29 is 4.79 Å². The maximum atomic E-state index is 12.2. The van der Waals surface area contributed by atoms with Gasteiger partial charge in [-0.15, -0.1) is 11.3 Å². The average molecular weight is 365 g/mol. The molecule has 1 aliphatic heterocycles. The Hall–Kier alpha value is -1.33. The fourth-order valence-electron chi connectivity index (χ4n) is 2.57. The van der Waals surface area contributed by atoms with Crippen molar-refractivity contribution in [2.75, 3.05) is 18.4 Å². The number of hydrogen-bond donors (Lipinski definition) is 2. The first kappa shape index (κ1) is 14.6. The molecule has 5 heteroatoms. The Kier molecular flexibility index (Phi) is 4.60. The lowest BCUT2D eigenvalue weighted by Crippen LogP contribution is -2.38. The van der Waals surface area contributed by atoms with Crippen molar-refractivity contribution in [2.45, 2.75) is 12.8 Å². The van der Waals surface area contributed by atoms with Gasteiger partial charge in [-0.25, -0.2) is 0 Å². The highest BCUT2D eigenvalue weighted by Gasteiger charge is 2.23. The number of hydrogen-bond acceptors (Lipinski definition) is 3. The molecule has 1 atom stereocenters. The van der Waals surface area contributed by atoms with Crippen LogP contribution in [-0.4, -0.2) is 19.0 Å². The molecule has 1 aromatic heterocycles. The van der Waals surface area contributed by atoms with Gasteiger partial charge in [0.1, 0.15) is 0 Å². The largest absolute Gasteiger partial charge is 0.384 e. The highest BCUT2D eigenvalue weighted by molar-refractivity contribution is 9.11. The first-order valence-electron chi connectivity index (χ1n) is 7.06. The van der Waals surface area contributed by atoms with Crippen LogP contribution in [0.4, 0.5) is 5.69 Å². The van der Waals surface area contributed by atoms with Crippen molar-refractivity contribution in [1.29, 1.82) is 0 Å². The lowest BCUT2D eigenvalue weighted by atomic mass is 9.93. The summed E-state index contributed by atoms with van der Waals surface area (Å²) in [4.78, 5) is 13.5. The molecule has 2 aromatic rings. The maximum absolute atomic E-state index is 12.2. The van der Waals surface area contributed by atoms with E-state index in [1.165, 1.54) is 10.4 Å². The van der Waals surface area contributed by atoms with E-state index in [4.69, 9.17) is 0 Å². The van der Waals surface area contributed by atoms with Gasteiger partial charge in [0.15, 0.2) is 0 Å². The molecule has 2 heterocycles. The second-order valence-corrected chi connectivity index (χ2v) is 7.73. The maximum Gasteiger partial charge on any atom is 0.225 e. The van der Waals surface area contributed by atoms with Gasteiger partial charge in [0, 0.05) is 23.7 Å². The van der Waals surface area contributed by atoms with Crippen molar-refractivity contribution in [1.82, 2.24) is 5.32 Å². The van der Waals surface area contributed by atoms with Crippen LogP contribution in [0.5, 0.6) is 0 Å². The van der Waals surface area contributed by atoms with E-state index in [0.29, 0.717) is 13.1 Å². The molecular formula is C16H17BrN2OS. The molecule has 3 nitrogen and oxygen atoms in total. The van der Waals surface area contributed by atoms with Crippen LogP contribution >= 0.6 is 27.3 Å². The van der Waals surface area contributed by atoms with Crippen LogP contribution in [-0.2, 0) is 17.6 Å². The van der Waals surface area contributed by atoms with Crippen LogP contribution in [0.2, 0.25) is 0 Å². The smallest absolute Gasteiger partial charge is 0.225 e. The molecule has 2 N–H and O–H groups in total. The molecule has 0 radical (unpaired) electrons. The Balaban J connectivity index is 1.50. The number of halogens is 1. The van der Waals surface area contributed by atoms with Gasteiger partial charge in [-0.1, -0.05) is 18.2 Å². The third kappa shape index (κ3) is 3.66. The Morgan fingerprint density at radius 1 is 1.33 bits per heavy atom. The lowest BCUT2D eigenvalue weighted by molar-refractivity contribution is -0.124. The Bertz CT molecular complexity index is 641. The first-order chi connectivity index (χ1) is 10.2. The molecule has 1 aromatic carbocycles. The normalized spacial score (nSPS) is 16.9. The van der Waals surface area contributed by atoms with Gasteiger partial charge >= 0.3 is 0 Å². The topological polar surface area (TPSA) is 41.1 Å². The molecule has 1 unspecified atom stereocenters. The quantitative estimate of drug-likeness (QED) is 0.872. The number of anilines is 1. The average Bonchev–Trinajstić information content (AvgIpc) is 2.92. The minimum atomic E-state index is 0.0231. The molecule has 0 saturated heterocycles. The summed E-state index contributed by atoms with van der Waals surface area (Å²) in [6.45, 7) is 1.41. The molecule has 0 bridgehead atoms. The standard InChI is InChI=1S/C16H17BrN2OS/c17-15-6-5-13(21-15)7-8-18-16(20)12-9-11-3-1-2-4-14(11)19-10-12/h1-6,12,19H,7-10H2,(H,18,20). The Morgan fingerprint density at radius 2 is 2.19 bits per heavy atom. The summed E-state index contributed by atoms with van der Waals surface area (Å²) in [6.07, 6.45) is 1.71. The predicted molar refractivity (Wildman–Crippen MR) is 90.9 cm³/mol. The summed E-state index contributed by atoms with van der Waals surface area (Å²) in [5, 5.41) is 6.39. The SMILES string of the molecule is O=C(NCCc1ccc(Br)s1)C1CNc2ccccc2C1. The Labute approximate surface area is 136 Å². The number of carbonyl (C=O) groups is 1. The van der Waals surface area contributed by atoms with E-state index in [1.807, 2.05) is 18.2 Å². The van der Waals surface area contributed by atoms with E-state index >= 15 is 0 Å². The molecule has 21 heavy (non-hydrogen) atoms. The predicted octanol–water partition coefficient (Wildman–Crippen LogP) is 3.45. The highest BCUT2D eigenvalue weighted by Crippen LogP contribution is 2.24. The van der Waals surface area contributed by atoms with Gasteiger partial charge in [-0.05, 0) is 52.5 Å². The minimum Gasteiger partial charge on any atom is -0.384 e.